The molecule has 0 saturated carbocycles. The van der Waals surface area contributed by atoms with E-state index in [1.807, 2.05) is 30.7 Å². The third-order valence-corrected chi connectivity index (χ3v) is 13.6. The van der Waals surface area contributed by atoms with Gasteiger partial charge in [0.05, 0.1) is 45.4 Å². The summed E-state index contributed by atoms with van der Waals surface area (Å²) >= 11 is 3.59. The summed E-state index contributed by atoms with van der Waals surface area (Å²) in [5.74, 6) is 0.853. The molecule has 0 spiro atoms. The van der Waals surface area contributed by atoms with Gasteiger partial charge in [-0.1, -0.05) is 6.92 Å². The number of halogens is 1. The predicted octanol–water partition coefficient (Wildman–Crippen LogP) is 6.06. The van der Waals surface area contributed by atoms with Gasteiger partial charge < -0.3 is 35.5 Å². The van der Waals surface area contributed by atoms with Crippen LogP contribution < -0.4 is 41.5 Å². The topological polar surface area (TPSA) is 193 Å². The van der Waals surface area contributed by atoms with Crippen molar-refractivity contribution < 1.29 is 18.9 Å². The number of anilines is 5. The number of aromatic nitrogens is 6. The first-order valence-corrected chi connectivity index (χ1v) is 24.4. The van der Waals surface area contributed by atoms with E-state index in [1.54, 1.807) is 39.0 Å². The van der Waals surface area contributed by atoms with E-state index in [0.717, 1.165) is 87.6 Å². The van der Waals surface area contributed by atoms with Crippen LogP contribution in [0.25, 0.3) is 11.0 Å². The van der Waals surface area contributed by atoms with Gasteiger partial charge in [-0.25, -0.2) is 4.98 Å². The van der Waals surface area contributed by atoms with Crippen LogP contribution in [-0.4, -0.2) is 101 Å². The second kappa shape index (κ2) is 19.4. The minimum absolute atomic E-state index is 0.199. The first-order chi connectivity index (χ1) is 29.3. The van der Waals surface area contributed by atoms with Crippen molar-refractivity contribution in [2.45, 2.75) is 77.8 Å². The molecule has 16 nitrogen and oxygen atoms in total. The number of methoxy groups -OCH3 is 1. The van der Waals surface area contributed by atoms with Crippen LogP contribution in [0, 0.1) is 13.8 Å². The van der Waals surface area contributed by atoms with Crippen LogP contribution in [0.5, 0.6) is 5.75 Å². The van der Waals surface area contributed by atoms with Crippen molar-refractivity contribution in [1.29, 1.82) is 0 Å². The molecule has 324 valence electrons. The number of hydrogen-bond acceptors (Lipinski definition) is 14. The van der Waals surface area contributed by atoms with Crippen molar-refractivity contribution >= 4 is 80.1 Å². The van der Waals surface area contributed by atoms with E-state index < -0.39 is 7.14 Å². The Labute approximate surface area is 365 Å². The van der Waals surface area contributed by atoms with Crippen molar-refractivity contribution in [3.8, 4) is 5.75 Å². The molecule has 61 heavy (non-hydrogen) atoms. The lowest BCUT2D eigenvalue weighted by Gasteiger charge is -2.35. The molecular weight excluding hydrogens is 859 g/mol. The third kappa shape index (κ3) is 10.2. The van der Waals surface area contributed by atoms with Gasteiger partial charge in [0, 0.05) is 86.8 Å². The molecule has 2 aromatic carbocycles. The number of carbonyl (C=O) groups is 2. The van der Waals surface area contributed by atoms with E-state index in [0.29, 0.717) is 62.9 Å². The van der Waals surface area contributed by atoms with Crippen LogP contribution in [0.15, 0.2) is 47.3 Å². The SMILES string of the molecule is CCc1cc(Nc2ncc(Br)c(Nc3ccc4nccnc4c3P(C)(C)=O)n2)c(OC)cc1N1CCC(NCCNCCCn2nc(C)c(C3CCC(=O)NC3=O)c2C)CC1. The molecular formula is C43H56BrN12O4P. The molecule has 1 unspecified atom stereocenters. The number of rotatable bonds is 17. The lowest BCUT2D eigenvalue weighted by atomic mass is 9.89. The van der Waals surface area contributed by atoms with Crippen molar-refractivity contribution in [3.05, 3.63) is 69.8 Å². The van der Waals surface area contributed by atoms with Gasteiger partial charge in [-0.2, -0.15) is 10.1 Å². The summed E-state index contributed by atoms with van der Waals surface area (Å²) < 4.78 is 22.1. The average molecular weight is 916 g/mol. The number of fused-ring (bicyclic) bond motifs is 1. The van der Waals surface area contributed by atoms with Gasteiger partial charge in [-0.15, -0.1) is 0 Å². The Hall–Kier alpha value is -4.96. The van der Waals surface area contributed by atoms with E-state index in [-0.39, 0.29) is 17.7 Å². The third-order valence-electron chi connectivity index (χ3n) is 11.5. The second-order valence-corrected chi connectivity index (χ2v) is 20.0. The van der Waals surface area contributed by atoms with Crippen LogP contribution in [0.3, 0.4) is 0 Å². The molecule has 3 aromatic heterocycles. The van der Waals surface area contributed by atoms with Crippen LogP contribution in [0.4, 0.5) is 28.8 Å². The predicted molar refractivity (Wildman–Crippen MR) is 245 cm³/mol. The maximum Gasteiger partial charge on any atom is 0.234 e. The summed E-state index contributed by atoms with van der Waals surface area (Å²) in [5.41, 5.74) is 7.88. The number of amides is 2. The standard InChI is InChI=1S/C43H56BrN12O4P/c1-7-28-23-34(51-43-49-25-31(44)41(53-43)50-33-11-10-32-39(48-19-18-47-32)40(33)61(5,6)59)36(60-4)24-35(28)55-21-13-29(14-22-55)46-17-16-45-15-8-20-56-27(3)38(26(2)54-56)30-9-12-37(57)52-42(30)58/h10-11,18-19,23-25,29-30,45-46H,7-9,12-17,20-22H2,1-6H3,(H,52,57,58)(H2,49,50,51,53). The largest absolute Gasteiger partial charge is 0.494 e. The van der Waals surface area contributed by atoms with Crippen LogP contribution in [0.1, 0.15) is 67.5 Å². The van der Waals surface area contributed by atoms with E-state index in [4.69, 9.17) is 14.8 Å². The minimum Gasteiger partial charge on any atom is -0.494 e. The fourth-order valence-electron chi connectivity index (χ4n) is 8.46. The smallest absolute Gasteiger partial charge is 0.234 e. The summed E-state index contributed by atoms with van der Waals surface area (Å²) in [5, 5.41) is 21.9. The van der Waals surface area contributed by atoms with Crippen LogP contribution >= 0.6 is 23.1 Å². The summed E-state index contributed by atoms with van der Waals surface area (Å²) in [6, 6.07) is 8.40. The zero-order chi connectivity index (χ0) is 43.3. The molecule has 2 saturated heterocycles. The number of piperidine rings is 2. The Balaban J connectivity index is 0.902. The zero-order valence-corrected chi connectivity index (χ0v) is 38.3. The highest BCUT2D eigenvalue weighted by molar-refractivity contribution is 9.10. The molecule has 0 radical (unpaired) electrons. The molecule has 1 atom stereocenters. The van der Waals surface area contributed by atoms with Gasteiger partial charge in [-0.3, -0.25) is 29.6 Å². The average Bonchev–Trinajstić information content (AvgIpc) is 3.52. The molecule has 2 amide bonds. The Morgan fingerprint density at radius 1 is 0.984 bits per heavy atom. The van der Waals surface area contributed by atoms with Crippen molar-refractivity contribution in [2.75, 3.05) is 68.7 Å². The Bertz CT molecular complexity index is 2450. The quantitative estimate of drug-likeness (QED) is 0.0411. The second-order valence-electron chi connectivity index (χ2n) is 16.0. The van der Waals surface area contributed by atoms with Crippen LogP contribution in [0.2, 0.25) is 0 Å². The van der Waals surface area contributed by atoms with Crippen molar-refractivity contribution in [3.63, 3.8) is 0 Å². The lowest BCUT2D eigenvalue weighted by molar-refractivity contribution is -0.134. The van der Waals surface area contributed by atoms with Gasteiger partial charge in [0.2, 0.25) is 17.8 Å². The molecule has 2 aliphatic heterocycles. The summed E-state index contributed by atoms with van der Waals surface area (Å²) in [6.45, 7) is 14.9. The molecule has 7 rings (SSSR count). The number of imide groups is 1. The molecule has 0 aliphatic carbocycles. The van der Waals surface area contributed by atoms with Crippen molar-refractivity contribution in [1.82, 2.24) is 45.7 Å². The fraction of sp³-hybridized carbons (Fsp3) is 0.465. The number of hydrogen-bond donors (Lipinski definition) is 5. The van der Waals surface area contributed by atoms with Gasteiger partial charge >= 0.3 is 0 Å². The maximum absolute atomic E-state index is 13.5. The van der Waals surface area contributed by atoms with Gasteiger partial charge in [0.15, 0.2) is 0 Å². The van der Waals surface area contributed by atoms with Crippen LogP contribution in [-0.2, 0) is 27.1 Å². The summed E-state index contributed by atoms with van der Waals surface area (Å²) in [4.78, 5) is 44.8. The summed E-state index contributed by atoms with van der Waals surface area (Å²) in [7, 11) is -1.09. The molecule has 5 N–H and O–H groups in total. The van der Waals surface area contributed by atoms with E-state index in [2.05, 4.69) is 81.4 Å². The molecule has 5 aromatic rings. The first kappa shape index (κ1) is 44.1. The monoisotopic (exact) mass is 914 g/mol. The summed E-state index contributed by atoms with van der Waals surface area (Å²) in [6.07, 6.45) is 9.66. The first-order valence-electron chi connectivity index (χ1n) is 21.0. The number of aryl methyl sites for hydroxylation is 3. The normalized spacial score (nSPS) is 16.2. The Morgan fingerprint density at radius 3 is 2.51 bits per heavy atom. The Kier molecular flexibility index (Phi) is 14.0. The maximum atomic E-state index is 13.5. The highest BCUT2D eigenvalue weighted by atomic mass is 79.9. The number of carbonyl (C=O) groups excluding carboxylic acids is 2. The number of nitrogens with one attached hydrogen (secondary N) is 5. The van der Waals surface area contributed by atoms with E-state index in [9.17, 15) is 14.2 Å². The number of nitrogens with zero attached hydrogens (tertiary/aromatic N) is 7. The van der Waals surface area contributed by atoms with E-state index >= 15 is 0 Å². The molecule has 5 heterocycles. The lowest BCUT2D eigenvalue weighted by Crippen LogP contribution is -2.44. The number of ether oxygens (including phenoxy) is 1. The molecule has 2 fully saturated rings. The Morgan fingerprint density at radius 2 is 1.77 bits per heavy atom. The fourth-order valence-corrected chi connectivity index (χ4v) is 10.1. The molecule has 2 aliphatic rings. The van der Waals surface area contributed by atoms with E-state index in [1.165, 1.54) is 11.3 Å². The number of benzene rings is 2. The van der Waals surface area contributed by atoms with Crippen molar-refractivity contribution in [2.24, 2.45) is 0 Å². The van der Waals surface area contributed by atoms with Gasteiger partial charge in [0.25, 0.3) is 0 Å². The highest BCUT2D eigenvalue weighted by Gasteiger charge is 2.32. The van der Waals surface area contributed by atoms with Gasteiger partial charge in [-0.05, 0) is 106 Å². The minimum atomic E-state index is -2.77. The molecule has 18 heteroatoms. The highest BCUT2D eigenvalue weighted by Crippen LogP contribution is 2.42. The molecule has 0 bridgehead atoms. The van der Waals surface area contributed by atoms with Gasteiger partial charge in [0.1, 0.15) is 24.2 Å². The zero-order valence-electron chi connectivity index (χ0n) is 35.8.